The van der Waals surface area contributed by atoms with Crippen LogP contribution in [0.5, 0.6) is 0 Å². The van der Waals surface area contributed by atoms with E-state index >= 15 is 0 Å². The van der Waals surface area contributed by atoms with Crippen molar-refractivity contribution in [3.05, 3.63) is 0 Å². The minimum Gasteiger partial charge on any atom is -0.208 e. The summed E-state index contributed by atoms with van der Waals surface area (Å²) in [6, 6.07) is 0. The Morgan fingerprint density at radius 3 is 0.800 bits per heavy atom. The second-order valence-corrected chi connectivity index (χ2v) is 4.79. The molecule has 0 amide bonds. The molecule has 0 aliphatic carbocycles. The second kappa shape index (κ2) is 4.81. The largest absolute Gasteiger partial charge is 0.254 e. The monoisotopic (exact) mass is 232 g/mol. The van der Waals surface area contributed by atoms with Crippen molar-refractivity contribution >= 4 is 46.4 Å². The Morgan fingerprint density at radius 2 is 0.800 bits per heavy atom. The Balaban J connectivity index is 0. The number of rotatable bonds is 0. The van der Waals surface area contributed by atoms with Crippen molar-refractivity contribution in [2.45, 2.75) is 23.0 Å². The first kappa shape index (κ1) is 13.6. The van der Waals surface area contributed by atoms with Crippen LogP contribution in [-0.2, 0) is 0 Å². The van der Waals surface area contributed by atoms with E-state index in [9.17, 15) is 8.78 Å². The van der Waals surface area contributed by atoms with E-state index in [2.05, 4.69) is 46.4 Å². The van der Waals surface area contributed by atoms with Gasteiger partial charge in [-0.25, -0.2) is 8.78 Å². The van der Waals surface area contributed by atoms with Crippen molar-refractivity contribution in [2.24, 2.45) is 0 Å². The molecule has 0 saturated carbocycles. The van der Waals surface area contributed by atoms with Crippen LogP contribution in [0, 0.1) is 0 Å². The summed E-state index contributed by atoms with van der Waals surface area (Å²) < 4.78 is 18.3. The van der Waals surface area contributed by atoms with E-state index < -0.39 is 9.17 Å². The van der Waals surface area contributed by atoms with Gasteiger partial charge in [-0.05, 0) is 13.8 Å². The van der Waals surface area contributed by atoms with Crippen LogP contribution in [0.15, 0.2) is 0 Å². The van der Waals surface area contributed by atoms with Gasteiger partial charge in [-0.15, -0.1) is 0 Å². The van der Waals surface area contributed by atoms with E-state index in [1.54, 1.807) is 0 Å². The van der Waals surface area contributed by atoms with Crippen LogP contribution >= 0.6 is 46.4 Å². The Kier molecular flexibility index (Phi) is 6.54. The normalized spacial score (nSPS) is 12.0. The molecule has 0 nitrogen and oxygen atoms in total. The van der Waals surface area contributed by atoms with Crippen molar-refractivity contribution in [1.82, 2.24) is 0 Å². The number of halogens is 6. The zero-order valence-corrected chi connectivity index (χ0v) is 8.29. The molecule has 64 valence electrons. The predicted octanol–water partition coefficient (Wildman–Crippen LogP) is 4.21. The predicted molar refractivity (Wildman–Crippen MR) is 42.4 cm³/mol. The lowest BCUT2D eigenvalue weighted by molar-refractivity contribution is 0.423. The minimum atomic E-state index is -2.06. The first-order valence-electron chi connectivity index (χ1n) is 2.13. The molecule has 0 aromatic carbocycles. The molecule has 0 N–H and O–H groups in total. The summed E-state index contributed by atoms with van der Waals surface area (Å²) in [6.07, 6.45) is 0. The van der Waals surface area contributed by atoms with Gasteiger partial charge in [0.25, 0.3) is 9.17 Å². The summed E-state index contributed by atoms with van der Waals surface area (Å²) >= 11 is 18.5. The highest BCUT2D eigenvalue weighted by atomic mass is 35.5. The lowest BCUT2D eigenvalue weighted by atomic mass is 10.9. The molecule has 6 heteroatoms. The maximum Gasteiger partial charge on any atom is 0.254 e. The van der Waals surface area contributed by atoms with Crippen LogP contribution in [0.4, 0.5) is 8.78 Å². The van der Waals surface area contributed by atoms with Crippen LogP contribution < -0.4 is 0 Å². The Bertz CT molecular complexity index is 58.2. The quantitative estimate of drug-likeness (QED) is 0.550. The fraction of sp³-hybridized carbons (Fsp3) is 1.00. The topological polar surface area (TPSA) is 0 Å². The van der Waals surface area contributed by atoms with Gasteiger partial charge >= 0.3 is 0 Å². The average molecular weight is 234 g/mol. The number of alkyl halides is 6. The molecule has 0 aromatic heterocycles. The highest BCUT2D eigenvalue weighted by Crippen LogP contribution is 2.19. The van der Waals surface area contributed by atoms with Crippen LogP contribution in [-0.4, -0.2) is 9.17 Å². The number of hydrogen-bond donors (Lipinski definition) is 0. The molecule has 0 aromatic rings. The maximum atomic E-state index is 11.2. The standard InChI is InChI=1S/2C2H3Cl2F/c2*1-2(3,4)5/h2*1H3. The highest BCUT2D eigenvalue weighted by Gasteiger charge is 2.10. The van der Waals surface area contributed by atoms with E-state index in [0.29, 0.717) is 0 Å². The van der Waals surface area contributed by atoms with Crippen LogP contribution in [0.25, 0.3) is 0 Å². The lowest BCUT2D eigenvalue weighted by Crippen LogP contribution is -1.90. The maximum absolute atomic E-state index is 11.2. The molecule has 0 aliphatic rings. The van der Waals surface area contributed by atoms with Gasteiger partial charge in [0, 0.05) is 0 Å². The Hall–Kier alpha value is 1.02. The van der Waals surface area contributed by atoms with Crippen molar-refractivity contribution in [3.63, 3.8) is 0 Å². The summed E-state index contributed by atoms with van der Waals surface area (Å²) in [5.41, 5.74) is 0. The van der Waals surface area contributed by atoms with Gasteiger partial charge in [-0.3, -0.25) is 0 Å². The Labute approximate surface area is 78.4 Å². The molecule has 0 heterocycles. The third-order valence-electron chi connectivity index (χ3n) is 0. The molecule has 0 radical (unpaired) electrons. The smallest absolute Gasteiger partial charge is 0.208 e. The highest BCUT2D eigenvalue weighted by molar-refractivity contribution is 6.47. The lowest BCUT2D eigenvalue weighted by Gasteiger charge is -1.92. The van der Waals surface area contributed by atoms with Crippen LogP contribution in [0.3, 0.4) is 0 Å². The fourth-order valence-electron chi connectivity index (χ4n) is 0. The molecule has 0 atom stereocenters. The zero-order valence-electron chi connectivity index (χ0n) is 5.27. The van der Waals surface area contributed by atoms with E-state index in [4.69, 9.17) is 0 Å². The van der Waals surface area contributed by atoms with Crippen LogP contribution in [0.1, 0.15) is 13.8 Å². The summed E-state index contributed by atoms with van der Waals surface area (Å²) in [7, 11) is 0. The molecule has 0 spiro atoms. The summed E-state index contributed by atoms with van der Waals surface area (Å²) in [5, 5.41) is 0. The number of hydrogen-bond acceptors (Lipinski definition) is 0. The van der Waals surface area contributed by atoms with E-state index in [1.807, 2.05) is 0 Å². The third kappa shape index (κ3) is 558. The van der Waals surface area contributed by atoms with Gasteiger partial charge < -0.3 is 0 Å². The van der Waals surface area contributed by atoms with Gasteiger partial charge in [0.2, 0.25) is 0 Å². The zero-order chi connectivity index (χ0) is 9.00. The summed E-state index contributed by atoms with van der Waals surface area (Å²) in [6.45, 7) is 2.10. The fourth-order valence-corrected chi connectivity index (χ4v) is 0. The SMILES string of the molecule is CC(F)(Cl)Cl.CC(F)(Cl)Cl. The first-order valence-corrected chi connectivity index (χ1v) is 3.65. The van der Waals surface area contributed by atoms with Gasteiger partial charge in [0.15, 0.2) is 0 Å². The minimum absolute atomic E-state index is 1.05. The van der Waals surface area contributed by atoms with Gasteiger partial charge in [0.05, 0.1) is 0 Å². The van der Waals surface area contributed by atoms with Gasteiger partial charge in [-0.1, -0.05) is 46.4 Å². The van der Waals surface area contributed by atoms with Gasteiger partial charge in [0.1, 0.15) is 0 Å². The summed E-state index contributed by atoms with van der Waals surface area (Å²) in [5.74, 6) is 0. The van der Waals surface area contributed by atoms with Crippen LogP contribution in [0.2, 0.25) is 0 Å². The van der Waals surface area contributed by atoms with E-state index in [-0.39, 0.29) is 0 Å². The molecule has 0 aliphatic heterocycles. The molecule has 0 bridgehead atoms. The van der Waals surface area contributed by atoms with E-state index in [0.717, 1.165) is 13.8 Å². The summed E-state index contributed by atoms with van der Waals surface area (Å²) in [4.78, 5) is 0. The van der Waals surface area contributed by atoms with Crippen molar-refractivity contribution in [2.75, 3.05) is 0 Å². The molecule has 0 rings (SSSR count). The molecule has 0 unspecified atom stereocenters. The van der Waals surface area contributed by atoms with E-state index in [1.165, 1.54) is 0 Å². The molecular formula is C4H6Cl4F2. The third-order valence-corrected chi connectivity index (χ3v) is 0. The Morgan fingerprint density at radius 1 is 0.800 bits per heavy atom. The van der Waals surface area contributed by atoms with Gasteiger partial charge in [-0.2, -0.15) is 0 Å². The second-order valence-electron chi connectivity index (χ2n) is 1.56. The van der Waals surface area contributed by atoms with Crippen molar-refractivity contribution in [1.29, 1.82) is 0 Å². The molecule has 0 saturated heterocycles. The molecule has 10 heavy (non-hydrogen) atoms. The van der Waals surface area contributed by atoms with Crippen molar-refractivity contribution < 1.29 is 8.78 Å². The first-order chi connectivity index (χ1) is 4.00. The molecular weight excluding hydrogens is 228 g/mol. The average Bonchev–Trinajstić information content (AvgIpc) is 1.12. The van der Waals surface area contributed by atoms with Crippen molar-refractivity contribution in [3.8, 4) is 0 Å². The molecule has 0 fully saturated rings.